The molecule has 0 heterocycles. The van der Waals surface area contributed by atoms with Crippen LogP contribution in [0.4, 0.5) is 4.39 Å². The normalized spacial score (nSPS) is 12.1. The van der Waals surface area contributed by atoms with Gasteiger partial charge in [-0.2, -0.15) is 0 Å². The summed E-state index contributed by atoms with van der Waals surface area (Å²) in [6, 6.07) is 4.40. The molecule has 4 nitrogen and oxygen atoms in total. The smallest absolute Gasteiger partial charge is 0.170 e. The van der Waals surface area contributed by atoms with Crippen LogP contribution in [0.2, 0.25) is 0 Å². The van der Waals surface area contributed by atoms with Crippen LogP contribution in [0.15, 0.2) is 23.4 Å². The SMILES string of the molecule is CCCCN(CC)Cc1ccc(F)cc1C(N)=NO. The van der Waals surface area contributed by atoms with E-state index in [4.69, 9.17) is 10.9 Å². The summed E-state index contributed by atoms with van der Waals surface area (Å²) in [5.74, 6) is -0.442. The Balaban J connectivity index is 2.92. The van der Waals surface area contributed by atoms with Gasteiger partial charge in [-0.25, -0.2) is 4.39 Å². The first-order valence-corrected chi connectivity index (χ1v) is 6.61. The predicted octanol–water partition coefficient (Wildman–Crippen LogP) is 2.54. The molecule has 0 saturated heterocycles. The van der Waals surface area contributed by atoms with Gasteiger partial charge in [0, 0.05) is 12.1 Å². The van der Waals surface area contributed by atoms with Crippen LogP contribution in [0.1, 0.15) is 37.8 Å². The molecule has 0 atom stereocenters. The molecule has 1 rings (SSSR count). The molecule has 1 aromatic rings. The van der Waals surface area contributed by atoms with Gasteiger partial charge in [0.05, 0.1) is 0 Å². The third-order valence-electron chi connectivity index (χ3n) is 3.12. The van der Waals surface area contributed by atoms with E-state index in [-0.39, 0.29) is 11.7 Å². The van der Waals surface area contributed by atoms with E-state index in [0.29, 0.717) is 12.1 Å². The van der Waals surface area contributed by atoms with Crippen LogP contribution in [0, 0.1) is 5.82 Å². The van der Waals surface area contributed by atoms with Crippen molar-refractivity contribution < 1.29 is 9.60 Å². The number of amidine groups is 1. The summed E-state index contributed by atoms with van der Waals surface area (Å²) >= 11 is 0. The highest BCUT2D eigenvalue weighted by Gasteiger charge is 2.11. The van der Waals surface area contributed by atoms with E-state index in [1.807, 2.05) is 0 Å². The fraction of sp³-hybridized carbons (Fsp3) is 0.500. The molecule has 0 aromatic heterocycles. The topological polar surface area (TPSA) is 61.8 Å². The van der Waals surface area contributed by atoms with E-state index in [9.17, 15) is 4.39 Å². The number of hydrogen-bond acceptors (Lipinski definition) is 3. The standard InChI is InChI=1S/C14H22FN3O/c1-3-5-8-18(4-2)10-11-6-7-12(15)9-13(11)14(16)17-19/h6-7,9,19H,3-5,8,10H2,1-2H3,(H2,16,17). The van der Waals surface area contributed by atoms with Crippen LogP contribution in [0.25, 0.3) is 0 Å². The molecule has 0 amide bonds. The van der Waals surface area contributed by atoms with Crippen molar-refractivity contribution in [2.24, 2.45) is 10.9 Å². The van der Waals surface area contributed by atoms with Crippen LogP contribution in [-0.4, -0.2) is 29.0 Å². The quantitative estimate of drug-likeness (QED) is 0.345. The summed E-state index contributed by atoms with van der Waals surface area (Å²) < 4.78 is 13.3. The Morgan fingerprint density at radius 1 is 1.42 bits per heavy atom. The Labute approximate surface area is 113 Å². The Morgan fingerprint density at radius 3 is 2.74 bits per heavy atom. The Kier molecular flexibility index (Phi) is 6.29. The van der Waals surface area contributed by atoms with Gasteiger partial charge in [-0.1, -0.05) is 31.5 Å². The van der Waals surface area contributed by atoms with Crippen LogP contribution >= 0.6 is 0 Å². The van der Waals surface area contributed by atoms with E-state index in [1.165, 1.54) is 12.1 Å². The summed E-state index contributed by atoms with van der Waals surface area (Å²) in [5, 5.41) is 11.7. The molecule has 0 saturated carbocycles. The highest BCUT2D eigenvalue weighted by molar-refractivity contribution is 5.98. The van der Waals surface area contributed by atoms with Crippen LogP contribution in [0.5, 0.6) is 0 Å². The molecule has 0 spiro atoms. The van der Waals surface area contributed by atoms with Crippen LogP contribution in [0.3, 0.4) is 0 Å². The van der Waals surface area contributed by atoms with Gasteiger partial charge >= 0.3 is 0 Å². The zero-order chi connectivity index (χ0) is 14.3. The van der Waals surface area contributed by atoms with Gasteiger partial charge in [0.25, 0.3) is 0 Å². The van der Waals surface area contributed by atoms with Gasteiger partial charge in [0.2, 0.25) is 0 Å². The van der Waals surface area contributed by atoms with E-state index < -0.39 is 0 Å². The summed E-state index contributed by atoms with van der Waals surface area (Å²) in [5.41, 5.74) is 6.92. The number of oxime groups is 1. The fourth-order valence-electron chi connectivity index (χ4n) is 1.95. The maximum Gasteiger partial charge on any atom is 0.170 e. The highest BCUT2D eigenvalue weighted by Crippen LogP contribution is 2.14. The number of benzene rings is 1. The second-order valence-corrected chi connectivity index (χ2v) is 4.51. The van der Waals surface area contributed by atoms with Gasteiger partial charge < -0.3 is 10.9 Å². The largest absolute Gasteiger partial charge is 0.409 e. The molecule has 0 aliphatic carbocycles. The number of nitrogens with zero attached hydrogens (tertiary/aromatic N) is 2. The number of halogens is 1. The van der Waals surface area contributed by atoms with Gasteiger partial charge in [-0.05, 0) is 37.2 Å². The zero-order valence-electron chi connectivity index (χ0n) is 11.6. The molecule has 0 bridgehead atoms. The molecular weight excluding hydrogens is 245 g/mol. The average Bonchev–Trinajstić information content (AvgIpc) is 2.43. The van der Waals surface area contributed by atoms with E-state index in [2.05, 4.69) is 23.9 Å². The molecule has 0 fully saturated rings. The Bertz CT molecular complexity index is 435. The first-order chi connectivity index (χ1) is 9.12. The van der Waals surface area contributed by atoms with E-state index in [1.54, 1.807) is 6.07 Å². The molecule has 3 N–H and O–H groups in total. The summed E-state index contributed by atoms with van der Waals surface area (Å²) in [6.07, 6.45) is 2.25. The molecule has 0 unspecified atom stereocenters. The maximum atomic E-state index is 13.3. The third-order valence-corrected chi connectivity index (χ3v) is 3.12. The van der Waals surface area contributed by atoms with Gasteiger partial charge in [-0.15, -0.1) is 0 Å². The third kappa shape index (κ3) is 4.52. The first kappa shape index (κ1) is 15.4. The number of rotatable bonds is 7. The van der Waals surface area contributed by atoms with Crippen molar-refractivity contribution in [3.63, 3.8) is 0 Å². The Morgan fingerprint density at radius 2 is 2.16 bits per heavy atom. The van der Waals surface area contributed by atoms with Gasteiger partial charge in [-0.3, -0.25) is 4.90 Å². The van der Waals surface area contributed by atoms with E-state index >= 15 is 0 Å². The molecule has 1 aromatic carbocycles. The minimum Gasteiger partial charge on any atom is -0.409 e. The van der Waals surface area contributed by atoms with Crippen molar-refractivity contribution in [1.82, 2.24) is 4.90 Å². The lowest BCUT2D eigenvalue weighted by Crippen LogP contribution is -2.26. The highest BCUT2D eigenvalue weighted by atomic mass is 19.1. The molecule has 0 radical (unpaired) electrons. The van der Waals surface area contributed by atoms with Crippen molar-refractivity contribution in [3.8, 4) is 0 Å². The summed E-state index contributed by atoms with van der Waals surface area (Å²) in [7, 11) is 0. The lowest BCUT2D eigenvalue weighted by molar-refractivity contribution is 0.275. The number of hydrogen-bond donors (Lipinski definition) is 2. The lowest BCUT2D eigenvalue weighted by Gasteiger charge is -2.21. The lowest BCUT2D eigenvalue weighted by atomic mass is 10.1. The Hall–Kier alpha value is -1.62. The van der Waals surface area contributed by atoms with Crippen molar-refractivity contribution in [1.29, 1.82) is 0 Å². The maximum absolute atomic E-state index is 13.3. The van der Waals surface area contributed by atoms with Crippen LogP contribution in [-0.2, 0) is 6.54 Å². The molecule has 19 heavy (non-hydrogen) atoms. The van der Waals surface area contributed by atoms with Crippen LogP contribution < -0.4 is 5.73 Å². The molecule has 0 aliphatic rings. The van der Waals surface area contributed by atoms with Crippen molar-refractivity contribution in [3.05, 3.63) is 35.1 Å². The summed E-state index contributed by atoms with van der Waals surface area (Å²) in [4.78, 5) is 2.25. The number of nitrogens with two attached hydrogens (primary N) is 1. The van der Waals surface area contributed by atoms with Crippen molar-refractivity contribution >= 4 is 5.84 Å². The van der Waals surface area contributed by atoms with Gasteiger partial charge in [0.1, 0.15) is 5.82 Å². The average molecular weight is 267 g/mol. The molecular formula is C14H22FN3O. The first-order valence-electron chi connectivity index (χ1n) is 6.61. The zero-order valence-corrected chi connectivity index (χ0v) is 11.6. The summed E-state index contributed by atoms with van der Waals surface area (Å²) in [6.45, 7) is 6.80. The fourth-order valence-corrected chi connectivity index (χ4v) is 1.95. The minimum absolute atomic E-state index is 0.0546. The number of unbranched alkanes of at least 4 members (excludes halogenated alkanes) is 1. The second-order valence-electron chi connectivity index (χ2n) is 4.51. The monoisotopic (exact) mass is 267 g/mol. The molecule has 5 heteroatoms. The minimum atomic E-state index is -0.387. The molecule has 106 valence electrons. The van der Waals surface area contributed by atoms with Gasteiger partial charge in [0.15, 0.2) is 5.84 Å². The predicted molar refractivity (Wildman–Crippen MR) is 74.8 cm³/mol. The molecule has 0 aliphatic heterocycles. The second kappa shape index (κ2) is 7.74. The van der Waals surface area contributed by atoms with E-state index in [0.717, 1.165) is 31.5 Å². The van der Waals surface area contributed by atoms with Crippen molar-refractivity contribution in [2.45, 2.75) is 33.2 Å². The van der Waals surface area contributed by atoms with Crippen molar-refractivity contribution in [2.75, 3.05) is 13.1 Å².